The summed E-state index contributed by atoms with van der Waals surface area (Å²) in [6, 6.07) is -0.822. The fourth-order valence-corrected chi connectivity index (χ4v) is 1.98. The Morgan fingerprint density at radius 3 is 2.55 bits per heavy atom. The van der Waals surface area contributed by atoms with Gasteiger partial charge in [-0.05, 0) is 33.6 Å². The van der Waals surface area contributed by atoms with Crippen LogP contribution in [0.25, 0.3) is 0 Å². The summed E-state index contributed by atoms with van der Waals surface area (Å²) in [6.07, 6.45) is 1.54. The molecule has 1 aliphatic heterocycles. The van der Waals surface area contributed by atoms with E-state index < -0.39 is 23.3 Å². The third-order valence-corrected chi connectivity index (χ3v) is 3.32. The van der Waals surface area contributed by atoms with Crippen molar-refractivity contribution in [3.63, 3.8) is 0 Å². The molecule has 1 fully saturated rings. The Labute approximate surface area is 118 Å². The molecule has 0 bridgehead atoms. The number of amides is 3. The van der Waals surface area contributed by atoms with Gasteiger partial charge in [0.25, 0.3) is 0 Å². The molecule has 0 spiro atoms. The first-order chi connectivity index (χ1) is 9.22. The van der Waals surface area contributed by atoms with Gasteiger partial charge in [-0.2, -0.15) is 0 Å². The number of hydrogen-bond acceptors (Lipinski definition) is 4. The SMILES string of the molecule is CC(NC(=O)NC(=O)CC(C)(C)C(=O)O)C1CCCO1. The van der Waals surface area contributed by atoms with Crippen molar-refractivity contribution in [1.29, 1.82) is 0 Å². The summed E-state index contributed by atoms with van der Waals surface area (Å²) in [7, 11) is 0. The molecule has 1 aliphatic rings. The molecule has 0 aromatic rings. The zero-order valence-electron chi connectivity index (χ0n) is 12.1. The molecule has 3 N–H and O–H groups in total. The van der Waals surface area contributed by atoms with Crippen molar-refractivity contribution in [2.24, 2.45) is 5.41 Å². The molecule has 2 atom stereocenters. The second-order valence-electron chi connectivity index (χ2n) is 5.73. The fourth-order valence-electron chi connectivity index (χ4n) is 1.98. The maximum atomic E-state index is 11.6. The molecule has 0 radical (unpaired) electrons. The summed E-state index contributed by atoms with van der Waals surface area (Å²) >= 11 is 0. The Kier molecular flexibility index (Phi) is 5.50. The van der Waals surface area contributed by atoms with E-state index in [9.17, 15) is 14.4 Å². The zero-order valence-corrected chi connectivity index (χ0v) is 12.1. The summed E-state index contributed by atoms with van der Waals surface area (Å²) < 4.78 is 5.43. The van der Waals surface area contributed by atoms with Crippen molar-refractivity contribution in [1.82, 2.24) is 10.6 Å². The fraction of sp³-hybridized carbons (Fsp3) is 0.769. The molecule has 0 aromatic heterocycles. The number of rotatable bonds is 5. The minimum absolute atomic E-state index is 0.0358. The molecule has 0 aliphatic carbocycles. The van der Waals surface area contributed by atoms with E-state index in [1.165, 1.54) is 13.8 Å². The Morgan fingerprint density at radius 1 is 1.40 bits per heavy atom. The number of hydrogen-bond donors (Lipinski definition) is 3. The Bertz CT molecular complexity index is 388. The zero-order chi connectivity index (χ0) is 15.3. The van der Waals surface area contributed by atoms with Crippen molar-refractivity contribution in [2.75, 3.05) is 6.61 Å². The summed E-state index contributed by atoms with van der Waals surface area (Å²) in [5.41, 5.74) is -1.20. The molecular formula is C13H22N2O5. The van der Waals surface area contributed by atoms with Gasteiger partial charge in [0.15, 0.2) is 0 Å². The Balaban J connectivity index is 2.38. The third kappa shape index (κ3) is 4.80. The first-order valence-corrected chi connectivity index (χ1v) is 6.68. The smallest absolute Gasteiger partial charge is 0.321 e. The largest absolute Gasteiger partial charge is 0.481 e. The molecule has 7 nitrogen and oxygen atoms in total. The number of carboxylic acid groups (broad SMARTS) is 1. The number of carboxylic acids is 1. The second kappa shape index (κ2) is 6.69. The highest BCUT2D eigenvalue weighted by Crippen LogP contribution is 2.20. The normalized spacial score (nSPS) is 20.2. The lowest BCUT2D eigenvalue weighted by Crippen LogP contribution is -2.48. The molecule has 7 heteroatoms. The summed E-state index contributed by atoms with van der Waals surface area (Å²) in [5, 5.41) is 13.7. The summed E-state index contributed by atoms with van der Waals surface area (Å²) in [4.78, 5) is 34.1. The lowest BCUT2D eigenvalue weighted by Gasteiger charge is -2.21. The van der Waals surface area contributed by atoms with Crippen molar-refractivity contribution in [3.05, 3.63) is 0 Å². The number of ether oxygens (including phenoxy) is 1. The first kappa shape index (κ1) is 16.4. The van der Waals surface area contributed by atoms with Crippen molar-refractivity contribution >= 4 is 17.9 Å². The Morgan fingerprint density at radius 2 is 2.05 bits per heavy atom. The van der Waals surface area contributed by atoms with Gasteiger partial charge in [0.05, 0.1) is 17.6 Å². The molecule has 1 rings (SSSR count). The second-order valence-corrected chi connectivity index (χ2v) is 5.73. The highest BCUT2D eigenvalue weighted by Gasteiger charge is 2.31. The molecule has 0 saturated carbocycles. The standard InChI is InChI=1S/C13H22N2O5/c1-8(9-5-4-6-20-9)14-12(19)15-10(16)7-13(2,3)11(17)18/h8-9H,4-7H2,1-3H3,(H,17,18)(H2,14,15,16,19). The molecule has 20 heavy (non-hydrogen) atoms. The van der Waals surface area contributed by atoms with Crippen LogP contribution in [0, 0.1) is 5.41 Å². The van der Waals surface area contributed by atoms with E-state index in [1.54, 1.807) is 6.92 Å². The maximum Gasteiger partial charge on any atom is 0.321 e. The van der Waals surface area contributed by atoms with Gasteiger partial charge < -0.3 is 15.2 Å². The van der Waals surface area contributed by atoms with Crippen molar-refractivity contribution < 1.29 is 24.2 Å². The van der Waals surface area contributed by atoms with Crippen LogP contribution >= 0.6 is 0 Å². The van der Waals surface area contributed by atoms with Gasteiger partial charge >= 0.3 is 12.0 Å². The number of urea groups is 1. The van der Waals surface area contributed by atoms with Crippen LogP contribution in [0.15, 0.2) is 0 Å². The Hall–Kier alpha value is -1.63. The molecule has 1 heterocycles. The first-order valence-electron chi connectivity index (χ1n) is 6.68. The van der Waals surface area contributed by atoms with Gasteiger partial charge in [-0.1, -0.05) is 0 Å². The van der Waals surface area contributed by atoms with Crippen LogP contribution in [0.4, 0.5) is 4.79 Å². The van der Waals surface area contributed by atoms with Gasteiger partial charge in [-0.25, -0.2) is 4.79 Å². The van der Waals surface area contributed by atoms with E-state index in [0.29, 0.717) is 6.61 Å². The van der Waals surface area contributed by atoms with Crippen LogP contribution in [0.3, 0.4) is 0 Å². The van der Waals surface area contributed by atoms with Gasteiger partial charge in [0, 0.05) is 13.0 Å². The average Bonchev–Trinajstić information content (AvgIpc) is 2.80. The van der Waals surface area contributed by atoms with Crippen LogP contribution in [0.2, 0.25) is 0 Å². The van der Waals surface area contributed by atoms with Gasteiger partial charge in [-0.3, -0.25) is 14.9 Å². The van der Waals surface area contributed by atoms with Crippen LogP contribution in [0.1, 0.15) is 40.0 Å². The number of nitrogens with one attached hydrogen (secondary N) is 2. The van der Waals surface area contributed by atoms with Crippen molar-refractivity contribution in [3.8, 4) is 0 Å². The van der Waals surface area contributed by atoms with E-state index >= 15 is 0 Å². The van der Waals surface area contributed by atoms with E-state index in [0.717, 1.165) is 12.8 Å². The molecule has 114 valence electrons. The van der Waals surface area contributed by atoms with Gasteiger partial charge in [-0.15, -0.1) is 0 Å². The number of carbonyl (C=O) groups excluding carboxylic acids is 2. The predicted molar refractivity (Wildman–Crippen MR) is 71.1 cm³/mol. The van der Waals surface area contributed by atoms with E-state index in [-0.39, 0.29) is 18.6 Å². The lowest BCUT2D eigenvalue weighted by atomic mass is 9.89. The number of aliphatic carboxylic acids is 1. The van der Waals surface area contributed by atoms with E-state index in [2.05, 4.69) is 10.6 Å². The van der Waals surface area contributed by atoms with Crippen LogP contribution in [-0.4, -0.2) is 41.8 Å². The quantitative estimate of drug-likeness (QED) is 0.696. The number of imide groups is 1. The maximum absolute atomic E-state index is 11.6. The highest BCUT2D eigenvalue weighted by molar-refractivity contribution is 5.96. The van der Waals surface area contributed by atoms with Gasteiger partial charge in [0.2, 0.25) is 5.91 Å². The van der Waals surface area contributed by atoms with Gasteiger partial charge in [0.1, 0.15) is 0 Å². The topological polar surface area (TPSA) is 105 Å². The third-order valence-electron chi connectivity index (χ3n) is 3.32. The summed E-state index contributed by atoms with van der Waals surface area (Å²) in [6.45, 7) is 5.36. The minimum Gasteiger partial charge on any atom is -0.481 e. The summed E-state index contributed by atoms with van der Waals surface area (Å²) in [5.74, 6) is -1.70. The lowest BCUT2D eigenvalue weighted by molar-refractivity contribution is -0.149. The van der Waals surface area contributed by atoms with E-state index in [1.807, 2.05) is 0 Å². The van der Waals surface area contributed by atoms with Crippen molar-refractivity contribution in [2.45, 2.75) is 52.2 Å². The monoisotopic (exact) mass is 286 g/mol. The molecule has 1 saturated heterocycles. The van der Waals surface area contributed by atoms with Crippen LogP contribution < -0.4 is 10.6 Å². The molecule has 0 aromatic carbocycles. The van der Waals surface area contributed by atoms with Crippen LogP contribution in [-0.2, 0) is 14.3 Å². The predicted octanol–water partition coefficient (Wildman–Crippen LogP) is 0.881. The molecule has 3 amide bonds. The highest BCUT2D eigenvalue weighted by atomic mass is 16.5. The average molecular weight is 286 g/mol. The van der Waals surface area contributed by atoms with E-state index in [4.69, 9.17) is 9.84 Å². The molecule has 2 unspecified atom stereocenters. The van der Waals surface area contributed by atoms with Crippen LogP contribution in [0.5, 0.6) is 0 Å². The molecular weight excluding hydrogens is 264 g/mol. The number of carbonyl (C=O) groups is 3. The minimum atomic E-state index is -1.20.